The van der Waals surface area contributed by atoms with E-state index in [1.165, 1.54) is 24.4 Å². The van der Waals surface area contributed by atoms with Gasteiger partial charge in [0.1, 0.15) is 5.75 Å². The van der Waals surface area contributed by atoms with Gasteiger partial charge in [-0.3, -0.25) is 0 Å². The minimum Gasteiger partial charge on any atom is -0.497 e. The molecule has 1 aromatic carbocycles. The molecule has 17 heavy (non-hydrogen) atoms. The molecule has 0 N–H and O–H groups in total. The van der Waals surface area contributed by atoms with Crippen molar-refractivity contribution in [1.29, 1.82) is 0 Å². The van der Waals surface area contributed by atoms with Gasteiger partial charge in [0, 0.05) is 0 Å². The molecule has 0 atom stereocenters. The number of ether oxygens (including phenoxy) is 1. The van der Waals surface area contributed by atoms with Gasteiger partial charge in [-0.2, -0.15) is 0 Å². The summed E-state index contributed by atoms with van der Waals surface area (Å²) in [5.41, 5.74) is 1.22. The molecule has 0 saturated carbocycles. The van der Waals surface area contributed by atoms with Crippen LogP contribution in [0.15, 0.2) is 24.3 Å². The van der Waals surface area contributed by atoms with E-state index in [1.807, 2.05) is 12.1 Å². The molecular weight excluding hydrogens is 228 g/mol. The number of rotatable bonds is 7. The minimum absolute atomic E-state index is 0.729. The number of unbranched alkanes of at least 4 members (excludes halogenated alkanes) is 1. The Balaban J connectivity index is 2.43. The Bertz CT molecular complexity index is 319. The van der Waals surface area contributed by atoms with E-state index in [2.05, 4.69) is 32.2 Å². The summed E-state index contributed by atoms with van der Waals surface area (Å²) in [4.78, 5) is 0. The molecule has 96 valence electrons. The lowest BCUT2D eigenvalue weighted by atomic mass is 10.2. The molecule has 2 nitrogen and oxygen atoms in total. The molecule has 1 aromatic rings. The maximum absolute atomic E-state index is 6.09. The zero-order valence-electron chi connectivity index (χ0n) is 11.5. The number of hydrogen-bond acceptors (Lipinski definition) is 2. The Hall–Kier alpha value is -0.803. The molecule has 0 aliphatic rings. The standard InChI is InChI=1S/C14H24O2Si/c1-5-6-11-17(3,4)16-12-13-7-9-14(15-2)10-8-13/h7-10H,5-6,11-12H2,1-4H3. The third kappa shape index (κ3) is 5.37. The summed E-state index contributed by atoms with van der Waals surface area (Å²) < 4.78 is 11.2. The topological polar surface area (TPSA) is 18.5 Å². The van der Waals surface area contributed by atoms with Crippen LogP contribution in [0.1, 0.15) is 25.3 Å². The van der Waals surface area contributed by atoms with E-state index < -0.39 is 8.32 Å². The predicted molar refractivity (Wildman–Crippen MR) is 75.0 cm³/mol. The summed E-state index contributed by atoms with van der Waals surface area (Å²) in [5, 5.41) is 0. The lowest BCUT2D eigenvalue weighted by molar-refractivity contribution is 0.293. The lowest BCUT2D eigenvalue weighted by Crippen LogP contribution is -2.29. The maximum atomic E-state index is 6.09. The first-order valence-electron chi connectivity index (χ1n) is 6.34. The molecule has 3 heteroatoms. The second-order valence-corrected chi connectivity index (χ2v) is 9.31. The largest absolute Gasteiger partial charge is 0.497 e. The van der Waals surface area contributed by atoms with Crippen LogP contribution < -0.4 is 4.74 Å². The Morgan fingerprint density at radius 2 is 1.76 bits per heavy atom. The summed E-state index contributed by atoms with van der Waals surface area (Å²) >= 11 is 0. The van der Waals surface area contributed by atoms with Crippen molar-refractivity contribution >= 4 is 8.32 Å². The summed E-state index contributed by atoms with van der Waals surface area (Å²) in [5.74, 6) is 0.899. The Kier molecular flexibility index (Phi) is 5.72. The molecule has 0 aliphatic heterocycles. The SMILES string of the molecule is CCCC[Si](C)(C)OCc1ccc(OC)cc1. The first-order valence-corrected chi connectivity index (χ1v) is 9.46. The van der Waals surface area contributed by atoms with Gasteiger partial charge >= 0.3 is 0 Å². The minimum atomic E-state index is -1.46. The van der Waals surface area contributed by atoms with Crippen LogP contribution in [-0.2, 0) is 11.0 Å². The number of hydrogen-bond donors (Lipinski definition) is 0. The molecule has 0 fully saturated rings. The summed E-state index contributed by atoms with van der Waals surface area (Å²) in [6.45, 7) is 7.55. The number of methoxy groups -OCH3 is 1. The van der Waals surface area contributed by atoms with Crippen molar-refractivity contribution in [1.82, 2.24) is 0 Å². The Labute approximate surface area is 106 Å². The fourth-order valence-electron chi connectivity index (χ4n) is 1.68. The molecule has 1 rings (SSSR count). The van der Waals surface area contributed by atoms with E-state index in [0.29, 0.717) is 0 Å². The molecule has 0 heterocycles. The van der Waals surface area contributed by atoms with E-state index >= 15 is 0 Å². The van der Waals surface area contributed by atoms with Crippen LogP contribution in [0.25, 0.3) is 0 Å². The highest BCUT2D eigenvalue weighted by molar-refractivity contribution is 6.71. The fraction of sp³-hybridized carbons (Fsp3) is 0.571. The highest BCUT2D eigenvalue weighted by Gasteiger charge is 2.21. The van der Waals surface area contributed by atoms with Crippen LogP contribution in [0.3, 0.4) is 0 Å². The monoisotopic (exact) mass is 252 g/mol. The summed E-state index contributed by atoms with van der Waals surface area (Å²) in [7, 11) is 0.227. The van der Waals surface area contributed by atoms with Gasteiger partial charge in [-0.25, -0.2) is 0 Å². The molecule has 0 radical (unpaired) electrons. The van der Waals surface area contributed by atoms with Crippen molar-refractivity contribution in [2.24, 2.45) is 0 Å². The lowest BCUT2D eigenvalue weighted by Gasteiger charge is -2.22. The molecule has 0 bridgehead atoms. The highest BCUT2D eigenvalue weighted by atomic mass is 28.4. The summed E-state index contributed by atoms with van der Waals surface area (Å²) in [6, 6.07) is 9.37. The first-order chi connectivity index (χ1) is 8.07. The van der Waals surface area contributed by atoms with Crippen molar-refractivity contribution in [3.05, 3.63) is 29.8 Å². The predicted octanol–water partition coefficient (Wildman–Crippen LogP) is 4.22. The van der Waals surface area contributed by atoms with Crippen molar-refractivity contribution in [3.63, 3.8) is 0 Å². The van der Waals surface area contributed by atoms with Gasteiger partial charge in [-0.05, 0) is 36.8 Å². The van der Waals surface area contributed by atoms with Crippen molar-refractivity contribution in [2.45, 2.75) is 45.5 Å². The van der Waals surface area contributed by atoms with Crippen LogP contribution in [0, 0.1) is 0 Å². The zero-order chi connectivity index (χ0) is 12.7. The first kappa shape index (κ1) is 14.3. The van der Waals surface area contributed by atoms with E-state index in [0.717, 1.165) is 12.4 Å². The van der Waals surface area contributed by atoms with Crippen molar-refractivity contribution in [2.75, 3.05) is 7.11 Å². The van der Waals surface area contributed by atoms with E-state index in [9.17, 15) is 0 Å². The smallest absolute Gasteiger partial charge is 0.187 e. The van der Waals surface area contributed by atoms with Crippen LogP contribution in [-0.4, -0.2) is 15.4 Å². The van der Waals surface area contributed by atoms with Gasteiger partial charge in [0.25, 0.3) is 0 Å². The molecule has 0 spiro atoms. The van der Waals surface area contributed by atoms with Crippen molar-refractivity contribution < 1.29 is 9.16 Å². The van der Waals surface area contributed by atoms with Gasteiger partial charge < -0.3 is 9.16 Å². The average molecular weight is 252 g/mol. The molecular formula is C14H24O2Si. The third-order valence-electron chi connectivity index (χ3n) is 2.92. The van der Waals surface area contributed by atoms with E-state index in [1.54, 1.807) is 7.11 Å². The van der Waals surface area contributed by atoms with Gasteiger partial charge in [0.05, 0.1) is 13.7 Å². The van der Waals surface area contributed by atoms with Crippen LogP contribution in [0.5, 0.6) is 5.75 Å². The normalized spacial score (nSPS) is 11.5. The van der Waals surface area contributed by atoms with Crippen LogP contribution in [0.2, 0.25) is 19.1 Å². The van der Waals surface area contributed by atoms with Gasteiger partial charge in [0.2, 0.25) is 0 Å². The van der Waals surface area contributed by atoms with E-state index in [4.69, 9.17) is 9.16 Å². The number of benzene rings is 1. The molecule has 0 unspecified atom stereocenters. The van der Waals surface area contributed by atoms with Crippen LogP contribution in [0.4, 0.5) is 0 Å². The Morgan fingerprint density at radius 1 is 1.12 bits per heavy atom. The second kappa shape index (κ2) is 6.82. The molecule has 0 saturated heterocycles. The zero-order valence-corrected chi connectivity index (χ0v) is 12.5. The Morgan fingerprint density at radius 3 is 2.29 bits per heavy atom. The quantitative estimate of drug-likeness (QED) is 0.677. The molecule has 0 aromatic heterocycles. The highest BCUT2D eigenvalue weighted by Crippen LogP contribution is 2.18. The van der Waals surface area contributed by atoms with Gasteiger partial charge in [0.15, 0.2) is 8.32 Å². The molecule has 0 aliphatic carbocycles. The average Bonchev–Trinajstić information content (AvgIpc) is 2.35. The van der Waals surface area contributed by atoms with Gasteiger partial charge in [-0.15, -0.1) is 0 Å². The maximum Gasteiger partial charge on any atom is 0.187 e. The van der Waals surface area contributed by atoms with Crippen molar-refractivity contribution in [3.8, 4) is 5.75 Å². The fourth-order valence-corrected chi connectivity index (χ4v) is 3.58. The van der Waals surface area contributed by atoms with Gasteiger partial charge in [-0.1, -0.05) is 31.9 Å². The van der Waals surface area contributed by atoms with Crippen LogP contribution >= 0.6 is 0 Å². The third-order valence-corrected chi connectivity index (χ3v) is 5.40. The van der Waals surface area contributed by atoms with E-state index in [-0.39, 0.29) is 0 Å². The second-order valence-electron chi connectivity index (χ2n) is 5.00. The summed E-state index contributed by atoms with van der Waals surface area (Å²) in [6.07, 6.45) is 2.53. The molecule has 0 amide bonds.